The van der Waals surface area contributed by atoms with E-state index in [1.54, 1.807) is 11.8 Å². The van der Waals surface area contributed by atoms with Gasteiger partial charge in [-0.1, -0.05) is 6.92 Å². The highest BCUT2D eigenvalue weighted by molar-refractivity contribution is 7.98. The first-order chi connectivity index (χ1) is 8.17. The van der Waals surface area contributed by atoms with Crippen LogP contribution in [-0.4, -0.2) is 34.6 Å². The number of nitrogens with zero attached hydrogens (tertiary/aromatic N) is 2. The van der Waals surface area contributed by atoms with E-state index < -0.39 is 5.82 Å². The van der Waals surface area contributed by atoms with E-state index in [1.165, 1.54) is 6.20 Å². The van der Waals surface area contributed by atoms with Crippen molar-refractivity contribution in [3.63, 3.8) is 0 Å². The third-order valence-electron chi connectivity index (χ3n) is 2.08. The summed E-state index contributed by atoms with van der Waals surface area (Å²) in [5.74, 6) is 1.22. The van der Waals surface area contributed by atoms with Gasteiger partial charge < -0.3 is 10.6 Å². The molecular formula is C11H19FN4S. The normalized spacial score (nSPS) is 12.2. The van der Waals surface area contributed by atoms with E-state index in [4.69, 9.17) is 0 Å². The minimum atomic E-state index is -0.417. The minimum absolute atomic E-state index is 0.174. The van der Waals surface area contributed by atoms with Crippen LogP contribution < -0.4 is 10.6 Å². The molecule has 0 aliphatic rings. The zero-order valence-corrected chi connectivity index (χ0v) is 11.3. The summed E-state index contributed by atoms with van der Waals surface area (Å²) >= 11 is 1.71. The van der Waals surface area contributed by atoms with Crippen LogP contribution in [0.15, 0.2) is 6.20 Å². The van der Waals surface area contributed by atoms with Gasteiger partial charge in [-0.3, -0.25) is 0 Å². The minimum Gasteiger partial charge on any atom is -0.364 e. The molecule has 1 rings (SSSR count). The van der Waals surface area contributed by atoms with E-state index in [-0.39, 0.29) is 11.9 Å². The molecule has 0 aromatic carbocycles. The molecule has 1 heterocycles. The Kier molecular flexibility index (Phi) is 6.04. The molecule has 1 atom stereocenters. The molecule has 0 amide bonds. The van der Waals surface area contributed by atoms with Crippen molar-refractivity contribution < 1.29 is 4.39 Å². The van der Waals surface area contributed by atoms with Crippen LogP contribution in [0.2, 0.25) is 0 Å². The lowest BCUT2D eigenvalue weighted by Crippen LogP contribution is -2.20. The van der Waals surface area contributed by atoms with Gasteiger partial charge in [-0.25, -0.2) is 9.37 Å². The van der Waals surface area contributed by atoms with Gasteiger partial charge in [-0.05, 0) is 19.6 Å². The summed E-state index contributed by atoms with van der Waals surface area (Å²) in [6.45, 7) is 4.83. The van der Waals surface area contributed by atoms with Crippen LogP contribution in [0.4, 0.5) is 16.2 Å². The Hall–Kier alpha value is -1.04. The van der Waals surface area contributed by atoms with Crippen LogP contribution in [0.3, 0.4) is 0 Å². The lowest BCUT2D eigenvalue weighted by Gasteiger charge is -2.14. The number of rotatable bonds is 7. The fourth-order valence-corrected chi connectivity index (χ4v) is 1.90. The Bertz CT molecular complexity index is 348. The Labute approximate surface area is 106 Å². The molecule has 0 aliphatic carbocycles. The molecule has 17 heavy (non-hydrogen) atoms. The van der Waals surface area contributed by atoms with Gasteiger partial charge in [0.05, 0.1) is 6.20 Å². The molecule has 0 radical (unpaired) electrons. The topological polar surface area (TPSA) is 49.8 Å². The zero-order chi connectivity index (χ0) is 12.7. The standard InChI is InChI=1S/C11H19FN4S/c1-4-5-13-11-14-6-9(12)10(16-11)15-8(2)7-17-3/h6,8H,4-5,7H2,1-3H3,(H2,13,14,15,16). The maximum absolute atomic E-state index is 13.5. The van der Waals surface area contributed by atoms with Crippen molar-refractivity contribution >= 4 is 23.5 Å². The van der Waals surface area contributed by atoms with Crippen LogP contribution in [-0.2, 0) is 0 Å². The molecule has 1 aromatic heterocycles. The fraction of sp³-hybridized carbons (Fsp3) is 0.636. The summed E-state index contributed by atoms with van der Waals surface area (Å²) in [4.78, 5) is 8.00. The molecule has 0 bridgehead atoms. The largest absolute Gasteiger partial charge is 0.364 e. The highest BCUT2D eigenvalue weighted by Crippen LogP contribution is 2.14. The Balaban J connectivity index is 2.68. The van der Waals surface area contributed by atoms with Gasteiger partial charge in [0, 0.05) is 18.3 Å². The number of nitrogens with one attached hydrogen (secondary N) is 2. The predicted octanol–water partition coefficient (Wildman–Crippen LogP) is 2.60. The quantitative estimate of drug-likeness (QED) is 0.787. The number of hydrogen-bond donors (Lipinski definition) is 2. The molecule has 2 N–H and O–H groups in total. The summed E-state index contributed by atoms with van der Waals surface area (Å²) in [6, 6.07) is 0.174. The molecule has 0 saturated heterocycles. The van der Waals surface area contributed by atoms with Crippen molar-refractivity contribution in [2.45, 2.75) is 26.3 Å². The smallest absolute Gasteiger partial charge is 0.224 e. The molecule has 0 aliphatic heterocycles. The molecule has 96 valence electrons. The van der Waals surface area contributed by atoms with Crippen molar-refractivity contribution in [2.24, 2.45) is 0 Å². The number of thioether (sulfide) groups is 1. The lowest BCUT2D eigenvalue weighted by molar-refractivity contribution is 0.615. The number of aromatic nitrogens is 2. The third-order valence-corrected chi connectivity index (χ3v) is 2.91. The molecule has 4 nitrogen and oxygen atoms in total. The van der Waals surface area contributed by atoms with Crippen LogP contribution in [0.5, 0.6) is 0 Å². The first-order valence-corrected chi connectivity index (χ1v) is 7.08. The van der Waals surface area contributed by atoms with Gasteiger partial charge in [0.15, 0.2) is 11.6 Å². The number of hydrogen-bond acceptors (Lipinski definition) is 5. The van der Waals surface area contributed by atoms with Crippen molar-refractivity contribution in [3.05, 3.63) is 12.0 Å². The summed E-state index contributed by atoms with van der Waals surface area (Å²) in [5, 5.41) is 6.07. The zero-order valence-electron chi connectivity index (χ0n) is 10.5. The third kappa shape index (κ3) is 4.77. The molecule has 1 aromatic rings. The van der Waals surface area contributed by atoms with E-state index in [2.05, 4.69) is 27.5 Å². The van der Waals surface area contributed by atoms with Crippen molar-refractivity contribution in [3.8, 4) is 0 Å². The van der Waals surface area contributed by atoms with Crippen LogP contribution in [0.25, 0.3) is 0 Å². The van der Waals surface area contributed by atoms with E-state index >= 15 is 0 Å². The van der Waals surface area contributed by atoms with Gasteiger partial charge in [-0.15, -0.1) is 0 Å². The Morgan fingerprint density at radius 1 is 1.53 bits per heavy atom. The second-order valence-corrected chi connectivity index (χ2v) is 4.73. The average molecular weight is 258 g/mol. The first kappa shape index (κ1) is 14.0. The van der Waals surface area contributed by atoms with Gasteiger partial charge in [0.2, 0.25) is 5.95 Å². The molecular weight excluding hydrogens is 239 g/mol. The van der Waals surface area contributed by atoms with E-state index in [0.29, 0.717) is 5.95 Å². The van der Waals surface area contributed by atoms with Gasteiger partial charge in [0.1, 0.15) is 0 Å². The van der Waals surface area contributed by atoms with Crippen molar-refractivity contribution in [2.75, 3.05) is 29.2 Å². The van der Waals surface area contributed by atoms with Crippen LogP contribution in [0.1, 0.15) is 20.3 Å². The highest BCUT2D eigenvalue weighted by atomic mass is 32.2. The number of anilines is 2. The molecule has 0 fully saturated rings. The summed E-state index contributed by atoms with van der Waals surface area (Å²) < 4.78 is 13.5. The molecule has 6 heteroatoms. The van der Waals surface area contributed by atoms with E-state index in [1.807, 2.05) is 13.2 Å². The van der Waals surface area contributed by atoms with Crippen LogP contribution >= 0.6 is 11.8 Å². The summed E-state index contributed by atoms with van der Waals surface area (Å²) in [7, 11) is 0. The fourth-order valence-electron chi connectivity index (χ4n) is 1.32. The highest BCUT2D eigenvalue weighted by Gasteiger charge is 2.09. The Morgan fingerprint density at radius 2 is 2.29 bits per heavy atom. The second kappa shape index (κ2) is 7.32. The lowest BCUT2D eigenvalue weighted by atomic mass is 10.4. The molecule has 0 spiro atoms. The van der Waals surface area contributed by atoms with E-state index in [0.717, 1.165) is 18.7 Å². The van der Waals surface area contributed by atoms with Crippen LogP contribution in [0, 0.1) is 5.82 Å². The monoisotopic (exact) mass is 258 g/mol. The maximum atomic E-state index is 13.5. The van der Waals surface area contributed by atoms with Crippen molar-refractivity contribution in [1.29, 1.82) is 0 Å². The van der Waals surface area contributed by atoms with Gasteiger partial charge >= 0.3 is 0 Å². The van der Waals surface area contributed by atoms with E-state index in [9.17, 15) is 4.39 Å². The maximum Gasteiger partial charge on any atom is 0.224 e. The summed E-state index contributed by atoms with van der Waals surface area (Å²) in [5.41, 5.74) is 0. The van der Waals surface area contributed by atoms with Gasteiger partial charge in [-0.2, -0.15) is 16.7 Å². The number of halogens is 1. The predicted molar refractivity (Wildman–Crippen MR) is 72.2 cm³/mol. The first-order valence-electron chi connectivity index (χ1n) is 5.69. The average Bonchev–Trinajstić information content (AvgIpc) is 2.30. The summed E-state index contributed by atoms with van der Waals surface area (Å²) in [6.07, 6.45) is 4.19. The SMILES string of the molecule is CCCNc1ncc(F)c(NC(C)CSC)n1. The molecule has 1 unspecified atom stereocenters. The second-order valence-electron chi connectivity index (χ2n) is 3.82. The Morgan fingerprint density at radius 3 is 2.94 bits per heavy atom. The van der Waals surface area contributed by atoms with Gasteiger partial charge in [0.25, 0.3) is 0 Å². The van der Waals surface area contributed by atoms with Crippen molar-refractivity contribution in [1.82, 2.24) is 9.97 Å². The molecule has 0 saturated carbocycles.